The molecule has 0 spiro atoms. The molecule has 0 amide bonds. The standard InChI is InChI=1S/C15H25NO2.ClH/c1-11(2)13-5-7-15(8-6-13)18-10-14(17)9-16-12(3)4;/h5-8,11-12,14,16-17H,9-10H2,1-4H3;1H. The lowest BCUT2D eigenvalue weighted by atomic mass is 10.0. The Kier molecular flexibility index (Phi) is 8.81. The zero-order valence-electron chi connectivity index (χ0n) is 12.2. The molecule has 19 heavy (non-hydrogen) atoms. The van der Waals surface area contributed by atoms with Gasteiger partial charge in [0.05, 0.1) is 0 Å². The predicted octanol–water partition coefficient (Wildman–Crippen LogP) is 2.97. The van der Waals surface area contributed by atoms with Crippen molar-refractivity contribution >= 4 is 12.4 Å². The fourth-order valence-corrected chi connectivity index (χ4v) is 1.57. The highest BCUT2D eigenvalue weighted by atomic mass is 35.5. The second-order valence-electron chi connectivity index (χ2n) is 5.25. The van der Waals surface area contributed by atoms with Gasteiger partial charge in [0.2, 0.25) is 0 Å². The van der Waals surface area contributed by atoms with Crippen LogP contribution in [0.3, 0.4) is 0 Å². The number of nitrogens with one attached hydrogen (secondary N) is 1. The van der Waals surface area contributed by atoms with Crippen molar-refractivity contribution in [1.29, 1.82) is 0 Å². The van der Waals surface area contributed by atoms with Crippen molar-refractivity contribution in [2.75, 3.05) is 13.2 Å². The van der Waals surface area contributed by atoms with Gasteiger partial charge >= 0.3 is 0 Å². The maximum Gasteiger partial charge on any atom is 0.119 e. The molecule has 0 saturated carbocycles. The van der Waals surface area contributed by atoms with Gasteiger partial charge in [-0.2, -0.15) is 0 Å². The third-order valence-corrected chi connectivity index (χ3v) is 2.75. The molecule has 1 aromatic rings. The van der Waals surface area contributed by atoms with Gasteiger partial charge in [0.25, 0.3) is 0 Å². The summed E-state index contributed by atoms with van der Waals surface area (Å²) in [5, 5.41) is 12.9. The van der Waals surface area contributed by atoms with E-state index in [1.54, 1.807) is 0 Å². The van der Waals surface area contributed by atoms with Crippen LogP contribution in [0.1, 0.15) is 39.2 Å². The van der Waals surface area contributed by atoms with Gasteiger partial charge in [-0.1, -0.05) is 39.8 Å². The van der Waals surface area contributed by atoms with Crippen LogP contribution in [0.4, 0.5) is 0 Å². The average molecular weight is 288 g/mol. The monoisotopic (exact) mass is 287 g/mol. The minimum absolute atomic E-state index is 0. The molecule has 1 aromatic carbocycles. The number of hydrogen-bond donors (Lipinski definition) is 2. The molecule has 0 heterocycles. The van der Waals surface area contributed by atoms with Crippen molar-refractivity contribution < 1.29 is 9.84 Å². The molecule has 0 aromatic heterocycles. The maximum atomic E-state index is 9.71. The van der Waals surface area contributed by atoms with E-state index in [4.69, 9.17) is 4.74 Å². The first-order chi connectivity index (χ1) is 8.49. The molecule has 3 nitrogen and oxygen atoms in total. The van der Waals surface area contributed by atoms with Crippen molar-refractivity contribution in [2.24, 2.45) is 0 Å². The molecule has 1 rings (SSSR count). The summed E-state index contributed by atoms with van der Waals surface area (Å²) in [4.78, 5) is 0. The quantitative estimate of drug-likeness (QED) is 0.810. The third kappa shape index (κ3) is 7.41. The van der Waals surface area contributed by atoms with E-state index in [0.29, 0.717) is 25.1 Å². The molecule has 0 saturated heterocycles. The largest absolute Gasteiger partial charge is 0.491 e. The van der Waals surface area contributed by atoms with Crippen molar-refractivity contribution in [1.82, 2.24) is 5.32 Å². The molecule has 0 aliphatic carbocycles. The SMILES string of the molecule is CC(C)NCC(O)COc1ccc(C(C)C)cc1.Cl. The fraction of sp³-hybridized carbons (Fsp3) is 0.600. The number of aliphatic hydroxyl groups excluding tert-OH is 1. The molecule has 0 aliphatic heterocycles. The van der Waals surface area contributed by atoms with Crippen LogP contribution in [0.15, 0.2) is 24.3 Å². The first-order valence-electron chi connectivity index (χ1n) is 6.63. The van der Waals surface area contributed by atoms with Gasteiger partial charge in [-0.3, -0.25) is 0 Å². The summed E-state index contributed by atoms with van der Waals surface area (Å²) in [6.07, 6.45) is -0.475. The molecule has 0 radical (unpaired) electrons. The first-order valence-corrected chi connectivity index (χ1v) is 6.63. The predicted molar refractivity (Wildman–Crippen MR) is 82.4 cm³/mol. The van der Waals surface area contributed by atoms with Crippen LogP contribution >= 0.6 is 12.4 Å². The zero-order chi connectivity index (χ0) is 13.5. The molecule has 1 unspecified atom stereocenters. The summed E-state index contributed by atoms with van der Waals surface area (Å²) >= 11 is 0. The van der Waals surface area contributed by atoms with Gasteiger partial charge in [0.1, 0.15) is 18.5 Å². The molecule has 0 aliphatic rings. The Balaban J connectivity index is 0.00000324. The Hall–Kier alpha value is -0.770. The summed E-state index contributed by atoms with van der Waals surface area (Å²) in [6, 6.07) is 8.43. The van der Waals surface area contributed by atoms with Gasteiger partial charge in [0.15, 0.2) is 0 Å². The molecule has 0 fully saturated rings. The van der Waals surface area contributed by atoms with Crippen molar-refractivity contribution in [3.05, 3.63) is 29.8 Å². The number of ether oxygens (including phenoxy) is 1. The number of benzene rings is 1. The Morgan fingerprint density at radius 1 is 1.11 bits per heavy atom. The first kappa shape index (κ1) is 18.2. The van der Waals surface area contributed by atoms with Gasteiger partial charge in [-0.05, 0) is 23.6 Å². The second-order valence-corrected chi connectivity index (χ2v) is 5.25. The molecule has 110 valence electrons. The number of aliphatic hydroxyl groups is 1. The topological polar surface area (TPSA) is 41.5 Å². The van der Waals surface area contributed by atoms with Crippen LogP contribution in [0.5, 0.6) is 5.75 Å². The molecular formula is C15H26ClNO2. The minimum Gasteiger partial charge on any atom is -0.491 e. The molecule has 0 bridgehead atoms. The van der Waals surface area contributed by atoms with Gasteiger partial charge in [0, 0.05) is 12.6 Å². The number of halogens is 1. The molecule has 4 heteroatoms. The van der Waals surface area contributed by atoms with Gasteiger partial charge in [-0.25, -0.2) is 0 Å². The zero-order valence-corrected chi connectivity index (χ0v) is 13.0. The van der Waals surface area contributed by atoms with Gasteiger partial charge in [-0.15, -0.1) is 12.4 Å². The van der Waals surface area contributed by atoms with Crippen molar-refractivity contribution in [2.45, 2.75) is 45.8 Å². The van der Waals surface area contributed by atoms with E-state index < -0.39 is 6.10 Å². The smallest absolute Gasteiger partial charge is 0.119 e. The lowest BCUT2D eigenvalue weighted by Crippen LogP contribution is -2.35. The Labute approximate surface area is 122 Å². The summed E-state index contributed by atoms with van der Waals surface area (Å²) < 4.78 is 5.54. The van der Waals surface area contributed by atoms with E-state index in [2.05, 4.69) is 45.1 Å². The highest BCUT2D eigenvalue weighted by Crippen LogP contribution is 2.18. The van der Waals surface area contributed by atoms with E-state index in [0.717, 1.165) is 5.75 Å². The van der Waals surface area contributed by atoms with Crippen molar-refractivity contribution in [3.8, 4) is 5.75 Å². The average Bonchev–Trinajstić information content (AvgIpc) is 2.34. The lowest BCUT2D eigenvalue weighted by molar-refractivity contribution is 0.104. The van der Waals surface area contributed by atoms with E-state index in [-0.39, 0.29) is 12.4 Å². The maximum absolute atomic E-state index is 9.71. The molecule has 2 N–H and O–H groups in total. The third-order valence-electron chi connectivity index (χ3n) is 2.75. The summed E-state index contributed by atoms with van der Waals surface area (Å²) in [6.45, 7) is 9.31. The lowest BCUT2D eigenvalue weighted by Gasteiger charge is -2.15. The Bertz CT molecular complexity index is 339. The molecule has 1 atom stereocenters. The highest BCUT2D eigenvalue weighted by molar-refractivity contribution is 5.85. The van der Waals surface area contributed by atoms with E-state index in [9.17, 15) is 5.11 Å². The van der Waals surface area contributed by atoms with E-state index in [1.165, 1.54) is 5.56 Å². The van der Waals surface area contributed by atoms with Crippen molar-refractivity contribution in [3.63, 3.8) is 0 Å². The minimum atomic E-state index is -0.475. The van der Waals surface area contributed by atoms with E-state index >= 15 is 0 Å². The van der Waals surface area contributed by atoms with E-state index in [1.807, 2.05) is 12.1 Å². The van der Waals surface area contributed by atoms with Crippen LogP contribution in [0, 0.1) is 0 Å². The van der Waals surface area contributed by atoms with Crippen LogP contribution in [-0.2, 0) is 0 Å². The number of rotatable bonds is 7. The highest BCUT2D eigenvalue weighted by Gasteiger charge is 2.06. The Morgan fingerprint density at radius 3 is 2.16 bits per heavy atom. The van der Waals surface area contributed by atoms with Crippen LogP contribution in [0.25, 0.3) is 0 Å². The summed E-state index contributed by atoms with van der Waals surface area (Å²) in [5.74, 6) is 1.34. The van der Waals surface area contributed by atoms with Gasteiger partial charge < -0.3 is 15.2 Å². The Morgan fingerprint density at radius 2 is 1.68 bits per heavy atom. The summed E-state index contributed by atoms with van der Waals surface area (Å²) in [7, 11) is 0. The van der Waals surface area contributed by atoms with Crippen LogP contribution in [-0.4, -0.2) is 30.4 Å². The summed E-state index contributed by atoms with van der Waals surface area (Å²) in [5.41, 5.74) is 1.30. The fourth-order valence-electron chi connectivity index (χ4n) is 1.57. The molecular weight excluding hydrogens is 262 g/mol. The van der Waals surface area contributed by atoms with Crippen LogP contribution < -0.4 is 10.1 Å². The number of hydrogen-bond acceptors (Lipinski definition) is 3. The second kappa shape index (κ2) is 9.18. The normalized spacial score (nSPS) is 12.4. The van der Waals surface area contributed by atoms with Crippen LogP contribution in [0.2, 0.25) is 0 Å².